The Morgan fingerprint density at radius 3 is 2.30 bits per heavy atom. The average Bonchev–Trinajstić information content (AvgIpc) is 3.09. The van der Waals surface area contributed by atoms with Gasteiger partial charge in [-0.25, -0.2) is 4.79 Å². The number of esters is 1. The highest BCUT2D eigenvalue weighted by Gasteiger charge is 2.25. The van der Waals surface area contributed by atoms with Crippen LogP contribution < -0.4 is 5.73 Å². The van der Waals surface area contributed by atoms with Gasteiger partial charge >= 0.3 is 5.97 Å². The molecule has 0 radical (unpaired) electrons. The predicted octanol–water partition coefficient (Wildman–Crippen LogP) is 4.05. The molecule has 6 heteroatoms. The minimum atomic E-state index is -0.952. The number of primary amides is 1. The third kappa shape index (κ3) is 4.15. The molecule has 0 aliphatic heterocycles. The Bertz CT molecular complexity index is 1370. The monoisotopic (exact) mass is 440 g/mol. The van der Waals surface area contributed by atoms with Crippen LogP contribution in [0.15, 0.2) is 72.8 Å². The molecule has 0 spiro atoms. The molecule has 4 aromatic rings. The lowest BCUT2D eigenvalue weighted by molar-refractivity contribution is -0.135. The Labute approximate surface area is 191 Å². The maximum absolute atomic E-state index is 12.7. The second-order valence-corrected chi connectivity index (χ2v) is 7.84. The fourth-order valence-corrected chi connectivity index (χ4v) is 4.32. The highest BCUT2D eigenvalue weighted by atomic mass is 16.5. The van der Waals surface area contributed by atoms with Crippen LogP contribution in [-0.2, 0) is 27.3 Å². The van der Waals surface area contributed by atoms with Crippen molar-refractivity contribution in [2.24, 2.45) is 5.73 Å². The number of rotatable bonds is 7. The van der Waals surface area contributed by atoms with Crippen molar-refractivity contribution in [1.29, 1.82) is 0 Å². The number of benzene rings is 3. The largest absolute Gasteiger partial charge is 0.463 e. The van der Waals surface area contributed by atoms with Crippen molar-refractivity contribution in [3.63, 3.8) is 0 Å². The number of ether oxygens (including phenoxy) is 1. The summed E-state index contributed by atoms with van der Waals surface area (Å²) >= 11 is 0. The van der Waals surface area contributed by atoms with Gasteiger partial charge in [0.2, 0.25) is 5.91 Å². The molecule has 2 N–H and O–H groups in total. The Morgan fingerprint density at radius 1 is 0.909 bits per heavy atom. The van der Waals surface area contributed by atoms with Crippen LogP contribution in [-0.4, -0.2) is 29.3 Å². The first-order valence-electron chi connectivity index (χ1n) is 10.6. The summed E-state index contributed by atoms with van der Waals surface area (Å²) in [6.45, 7) is 2.41. The second kappa shape index (κ2) is 9.12. The van der Waals surface area contributed by atoms with Gasteiger partial charge in [0.25, 0.3) is 5.78 Å². The number of amides is 1. The molecule has 0 aliphatic rings. The first-order valence-corrected chi connectivity index (χ1v) is 10.6. The van der Waals surface area contributed by atoms with Crippen molar-refractivity contribution < 1.29 is 19.1 Å². The van der Waals surface area contributed by atoms with Crippen LogP contribution in [0.1, 0.15) is 27.2 Å². The molecule has 166 valence electrons. The lowest BCUT2D eigenvalue weighted by atomic mass is 9.99. The summed E-state index contributed by atoms with van der Waals surface area (Å²) in [7, 11) is 1.17. The van der Waals surface area contributed by atoms with Gasteiger partial charge in [0, 0.05) is 28.7 Å². The van der Waals surface area contributed by atoms with E-state index in [-0.39, 0.29) is 12.0 Å². The minimum absolute atomic E-state index is 0.0405. The molecular formula is C27H24N2O4. The van der Waals surface area contributed by atoms with E-state index in [0.29, 0.717) is 17.5 Å². The number of nitrogens with zero attached hydrogens (tertiary/aromatic N) is 1. The Kier molecular flexibility index (Phi) is 6.09. The maximum atomic E-state index is 12.7. The molecule has 33 heavy (non-hydrogen) atoms. The number of methoxy groups -OCH3 is 1. The number of carbonyl (C=O) groups is 3. The van der Waals surface area contributed by atoms with E-state index in [2.05, 4.69) is 33.6 Å². The molecule has 6 nitrogen and oxygen atoms in total. The van der Waals surface area contributed by atoms with E-state index in [1.807, 2.05) is 43.3 Å². The smallest absolute Gasteiger partial charge is 0.379 e. The van der Waals surface area contributed by atoms with Gasteiger partial charge in [-0.2, -0.15) is 0 Å². The lowest BCUT2D eigenvalue weighted by Gasteiger charge is -2.14. The van der Waals surface area contributed by atoms with Gasteiger partial charge in [0.15, 0.2) is 0 Å². The summed E-state index contributed by atoms with van der Waals surface area (Å²) in [6.07, 6.45) is -0.0405. The molecule has 0 saturated heterocycles. The number of hydrogen-bond acceptors (Lipinski definition) is 4. The molecule has 0 aliphatic carbocycles. The third-order valence-corrected chi connectivity index (χ3v) is 5.87. The summed E-state index contributed by atoms with van der Waals surface area (Å²) in [5.74, 6) is -2.22. The molecule has 1 aromatic heterocycles. The highest BCUT2D eigenvalue weighted by Crippen LogP contribution is 2.32. The fraction of sp³-hybridized carbons (Fsp3) is 0.148. The van der Waals surface area contributed by atoms with E-state index < -0.39 is 17.7 Å². The van der Waals surface area contributed by atoms with Gasteiger partial charge in [-0.1, -0.05) is 66.7 Å². The van der Waals surface area contributed by atoms with Crippen LogP contribution in [0, 0.1) is 6.92 Å². The number of hydrogen-bond donors (Lipinski definition) is 1. The standard InChI is InChI=1S/C27H24N2O4/c1-17-22(15-24(28)30)25-21(26(31)27(32)33-2)13-8-14-23(25)29(17)16-19-11-6-7-12-20(19)18-9-4-3-5-10-18/h3-14H,15-16H2,1-2H3,(H2,28,30). The maximum Gasteiger partial charge on any atom is 0.379 e. The Balaban J connectivity index is 1.92. The van der Waals surface area contributed by atoms with E-state index in [9.17, 15) is 14.4 Å². The summed E-state index contributed by atoms with van der Waals surface area (Å²) in [5, 5.41) is 0.557. The number of carbonyl (C=O) groups excluding carboxylic acids is 3. The molecule has 0 fully saturated rings. The van der Waals surface area contributed by atoms with Crippen molar-refractivity contribution in [2.45, 2.75) is 19.9 Å². The normalized spacial score (nSPS) is 10.8. The Morgan fingerprint density at radius 2 is 1.61 bits per heavy atom. The molecule has 4 rings (SSSR count). The summed E-state index contributed by atoms with van der Waals surface area (Å²) in [6, 6.07) is 23.4. The van der Waals surface area contributed by atoms with Crippen LogP contribution in [0.25, 0.3) is 22.0 Å². The molecule has 1 amide bonds. The van der Waals surface area contributed by atoms with Crippen molar-refractivity contribution >= 4 is 28.6 Å². The zero-order valence-corrected chi connectivity index (χ0v) is 18.5. The minimum Gasteiger partial charge on any atom is -0.463 e. The second-order valence-electron chi connectivity index (χ2n) is 7.84. The molecule has 3 aromatic carbocycles. The lowest BCUT2D eigenvalue weighted by Crippen LogP contribution is -2.17. The molecule has 1 heterocycles. The SMILES string of the molecule is COC(=O)C(=O)c1cccc2c1c(CC(N)=O)c(C)n2Cc1ccccc1-c1ccccc1. The third-order valence-electron chi connectivity index (χ3n) is 5.87. The summed E-state index contributed by atoms with van der Waals surface area (Å²) in [5.41, 5.74) is 11.2. The number of ketones is 1. The molecule has 0 bridgehead atoms. The fourth-order valence-electron chi connectivity index (χ4n) is 4.32. The van der Waals surface area contributed by atoms with Gasteiger partial charge in [-0.05, 0) is 35.2 Å². The summed E-state index contributed by atoms with van der Waals surface area (Å²) in [4.78, 5) is 36.6. The van der Waals surface area contributed by atoms with Crippen molar-refractivity contribution in [3.8, 4) is 11.1 Å². The number of aromatic nitrogens is 1. The van der Waals surface area contributed by atoms with Crippen LogP contribution in [0.5, 0.6) is 0 Å². The van der Waals surface area contributed by atoms with Crippen molar-refractivity contribution in [3.05, 3.63) is 95.2 Å². The first kappa shape index (κ1) is 22.0. The summed E-state index contributed by atoms with van der Waals surface area (Å²) < 4.78 is 6.71. The first-order chi connectivity index (χ1) is 15.9. The average molecular weight is 440 g/mol. The van der Waals surface area contributed by atoms with Gasteiger partial charge in [-0.15, -0.1) is 0 Å². The quantitative estimate of drug-likeness (QED) is 0.267. The molecule has 0 unspecified atom stereocenters. The topological polar surface area (TPSA) is 91.4 Å². The van der Waals surface area contributed by atoms with Gasteiger partial charge in [0.1, 0.15) is 0 Å². The van der Waals surface area contributed by atoms with Gasteiger partial charge in [-0.3, -0.25) is 9.59 Å². The van der Waals surface area contributed by atoms with E-state index in [1.54, 1.807) is 12.1 Å². The van der Waals surface area contributed by atoms with E-state index in [1.165, 1.54) is 7.11 Å². The molecule has 0 saturated carbocycles. The number of fused-ring (bicyclic) bond motifs is 1. The van der Waals surface area contributed by atoms with Crippen molar-refractivity contribution in [1.82, 2.24) is 4.57 Å². The van der Waals surface area contributed by atoms with E-state index in [4.69, 9.17) is 5.73 Å². The van der Waals surface area contributed by atoms with E-state index >= 15 is 0 Å². The molecule has 0 atom stereocenters. The molecular weight excluding hydrogens is 416 g/mol. The van der Waals surface area contributed by atoms with E-state index in [0.717, 1.165) is 27.9 Å². The highest BCUT2D eigenvalue weighted by molar-refractivity contribution is 6.43. The predicted molar refractivity (Wildman–Crippen MR) is 127 cm³/mol. The van der Waals surface area contributed by atoms with Crippen LogP contribution >= 0.6 is 0 Å². The zero-order chi connectivity index (χ0) is 23.5. The van der Waals surface area contributed by atoms with Crippen LogP contribution in [0.3, 0.4) is 0 Å². The van der Waals surface area contributed by atoms with Crippen LogP contribution in [0.2, 0.25) is 0 Å². The number of nitrogens with two attached hydrogens (primary N) is 1. The van der Waals surface area contributed by atoms with Gasteiger partial charge in [0.05, 0.1) is 13.5 Å². The van der Waals surface area contributed by atoms with Crippen LogP contribution in [0.4, 0.5) is 0 Å². The van der Waals surface area contributed by atoms with Crippen molar-refractivity contribution in [2.75, 3.05) is 7.11 Å². The van der Waals surface area contributed by atoms with Gasteiger partial charge < -0.3 is 15.0 Å². The number of Topliss-reactive ketones (excluding diaryl/α,β-unsaturated/α-hetero) is 1. The zero-order valence-electron chi connectivity index (χ0n) is 18.5. The Hall–Kier alpha value is -4.19.